The van der Waals surface area contributed by atoms with E-state index < -0.39 is 11.0 Å². The van der Waals surface area contributed by atoms with E-state index in [9.17, 15) is 19.7 Å². The van der Waals surface area contributed by atoms with Crippen molar-refractivity contribution < 1.29 is 14.5 Å². The number of nitrogens with zero attached hydrogens (tertiary/aromatic N) is 4. The van der Waals surface area contributed by atoms with Crippen molar-refractivity contribution in [1.82, 2.24) is 20.5 Å². The van der Waals surface area contributed by atoms with Crippen LogP contribution in [0.3, 0.4) is 0 Å². The molecular weight excluding hydrogens is 412 g/mol. The predicted octanol–water partition coefficient (Wildman–Crippen LogP) is 2.48. The van der Waals surface area contributed by atoms with Crippen molar-refractivity contribution >= 4 is 23.4 Å². The summed E-state index contributed by atoms with van der Waals surface area (Å²) in [6.45, 7) is 4.78. The molecule has 1 aromatic carbocycles. The van der Waals surface area contributed by atoms with E-state index in [2.05, 4.69) is 20.5 Å². The molecule has 2 heterocycles. The number of rotatable bonds is 8. The minimum absolute atomic E-state index is 0.00306. The van der Waals surface area contributed by atoms with Gasteiger partial charge in [0.2, 0.25) is 5.91 Å². The molecule has 32 heavy (non-hydrogen) atoms. The van der Waals surface area contributed by atoms with E-state index >= 15 is 0 Å². The molecule has 3 rings (SSSR count). The fourth-order valence-corrected chi connectivity index (χ4v) is 3.65. The lowest BCUT2D eigenvalue weighted by Crippen LogP contribution is -2.49. The van der Waals surface area contributed by atoms with Crippen LogP contribution in [-0.4, -0.2) is 59.5 Å². The smallest absolute Gasteiger partial charge is 0.315 e. The van der Waals surface area contributed by atoms with Crippen LogP contribution >= 0.6 is 0 Å². The number of pyridine rings is 1. The number of nitro groups is 1. The zero-order chi connectivity index (χ0) is 22.9. The third-order valence-electron chi connectivity index (χ3n) is 5.43. The summed E-state index contributed by atoms with van der Waals surface area (Å²) in [5.41, 5.74) is 0.649. The first kappa shape index (κ1) is 23.0. The SMILES string of the molecule is CC[C@@H](NC(=O)NCCC(=O)N1CCN(c2ccccn2)CC1)c1cccc([N+](=O)[O-])c1. The fourth-order valence-electron chi connectivity index (χ4n) is 3.65. The molecule has 1 aromatic heterocycles. The van der Waals surface area contributed by atoms with Crippen LogP contribution < -0.4 is 15.5 Å². The number of nitro benzene ring substituents is 1. The van der Waals surface area contributed by atoms with E-state index in [-0.39, 0.29) is 30.6 Å². The summed E-state index contributed by atoms with van der Waals surface area (Å²) in [6, 6.07) is 11.2. The van der Waals surface area contributed by atoms with Crippen molar-refractivity contribution in [3.05, 3.63) is 64.3 Å². The van der Waals surface area contributed by atoms with Gasteiger partial charge in [0, 0.05) is 57.5 Å². The van der Waals surface area contributed by atoms with Gasteiger partial charge in [0.25, 0.3) is 5.69 Å². The molecule has 1 fully saturated rings. The number of amides is 3. The maximum atomic E-state index is 12.5. The number of carbonyl (C=O) groups is 2. The van der Waals surface area contributed by atoms with Gasteiger partial charge in [-0.2, -0.15) is 0 Å². The van der Waals surface area contributed by atoms with Gasteiger partial charge in [-0.1, -0.05) is 25.1 Å². The second-order valence-corrected chi connectivity index (χ2v) is 7.52. The highest BCUT2D eigenvalue weighted by Crippen LogP contribution is 2.21. The average Bonchev–Trinajstić information content (AvgIpc) is 2.83. The molecule has 0 unspecified atom stereocenters. The number of anilines is 1. The third-order valence-corrected chi connectivity index (χ3v) is 5.43. The highest BCUT2D eigenvalue weighted by molar-refractivity contribution is 5.78. The Morgan fingerprint density at radius 2 is 1.94 bits per heavy atom. The minimum atomic E-state index is -0.460. The summed E-state index contributed by atoms with van der Waals surface area (Å²) in [7, 11) is 0. The highest BCUT2D eigenvalue weighted by atomic mass is 16.6. The number of hydrogen-bond donors (Lipinski definition) is 2. The van der Waals surface area contributed by atoms with Crippen LogP contribution in [0, 0.1) is 10.1 Å². The Balaban J connectivity index is 1.41. The summed E-state index contributed by atoms with van der Waals surface area (Å²) in [6.07, 6.45) is 2.55. The Labute approximate surface area is 186 Å². The van der Waals surface area contributed by atoms with E-state index in [4.69, 9.17) is 0 Å². The molecule has 1 atom stereocenters. The van der Waals surface area contributed by atoms with Crippen LogP contribution in [0.2, 0.25) is 0 Å². The van der Waals surface area contributed by atoms with E-state index in [0.717, 1.165) is 18.9 Å². The van der Waals surface area contributed by atoms with E-state index in [1.165, 1.54) is 12.1 Å². The zero-order valence-corrected chi connectivity index (χ0v) is 18.1. The minimum Gasteiger partial charge on any atom is -0.353 e. The van der Waals surface area contributed by atoms with Gasteiger partial charge in [0.05, 0.1) is 11.0 Å². The second-order valence-electron chi connectivity index (χ2n) is 7.52. The van der Waals surface area contributed by atoms with Crippen molar-refractivity contribution in [2.24, 2.45) is 0 Å². The molecule has 1 aliphatic heterocycles. The molecule has 0 aliphatic carbocycles. The zero-order valence-electron chi connectivity index (χ0n) is 18.1. The Morgan fingerprint density at radius 3 is 2.59 bits per heavy atom. The standard InChI is InChI=1S/C22H28N6O4/c1-2-19(17-6-5-7-18(16-17)28(31)32)25-22(30)24-11-9-21(29)27-14-12-26(13-15-27)20-8-3-4-10-23-20/h3-8,10,16,19H,2,9,11-15H2,1H3,(H2,24,25,30)/t19-/m1/s1. The Bertz CT molecular complexity index is 931. The van der Waals surface area contributed by atoms with Crippen LogP contribution in [-0.2, 0) is 4.79 Å². The highest BCUT2D eigenvalue weighted by Gasteiger charge is 2.22. The predicted molar refractivity (Wildman–Crippen MR) is 120 cm³/mol. The molecule has 0 spiro atoms. The normalized spacial score (nSPS) is 14.5. The maximum Gasteiger partial charge on any atom is 0.315 e. The van der Waals surface area contributed by atoms with E-state index in [1.807, 2.05) is 25.1 Å². The maximum absolute atomic E-state index is 12.5. The van der Waals surface area contributed by atoms with Gasteiger partial charge in [-0.3, -0.25) is 14.9 Å². The van der Waals surface area contributed by atoms with Crippen LogP contribution in [0.5, 0.6) is 0 Å². The van der Waals surface area contributed by atoms with Crippen LogP contribution in [0.1, 0.15) is 31.4 Å². The number of non-ortho nitro benzene ring substituents is 1. The van der Waals surface area contributed by atoms with Gasteiger partial charge < -0.3 is 20.4 Å². The molecule has 10 nitrogen and oxygen atoms in total. The first-order chi connectivity index (χ1) is 15.5. The quantitative estimate of drug-likeness (QED) is 0.481. The fraction of sp³-hybridized carbons (Fsp3) is 0.409. The van der Waals surface area contributed by atoms with Crippen LogP contribution in [0.25, 0.3) is 0 Å². The molecule has 1 saturated heterocycles. The summed E-state index contributed by atoms with van der Waals surface area (Å²) in [5, 5.41) is 16.5. The molecule has 2 N–H and O–H groups in total. The monoisotopic (exact) mass is 440 g/mol. The Morgan fingerprint density at radius 1 is 1.16 bits per heavy atom. The number of nitrogens with one attached hydrogen (secondary N) is 2. The molecule has 2 aromatic rings. The lowest BCUT2D eigenvalue weighted by atomic mass is 10.0. The first-order valence-electron chi connectivity index (χ1n) is 10.7. The van der Waals surface area contributed by atoms with Gasteiger partial charge in [-0.25, -0.2) is 9.78 Å². The van der Waals surface area contributed by atoms with E-state index in [1.54, 1.807) is 23.2 Å². The summed E-state index contributed by atoms with van der Waals surface area (Å²) in [5.74, 6) is 0.906. The number of aromatic nitrogens is 1. The van der Waals surface area contributed by atoms with Gasteiger partial charge in [0.1, 0.15) is 5.82 Å². The van der Waals surface area contributed by atoms with Crippen LogP contribution in [0.15, 0.2) is 48.7 Å². The molecule has 0 bridgehead atoms. The number of carbonyl (C=O) groups excluding carboxylic acids is 2. The third kappa shape index (κ3) is 6.16. The van der Waals surface area contributed by atoms with Gasteiger partial charge in [-0.05, 0) is 24.1 Å². The summed E-state index contributed by atoms with van der Waals surface area (Å²) >= 11 is 0. The Kier molecular flexibility index (Phi) is 7.96. The largest absolute Gasteiger partial charge is 0.353 e. The number of benzene rings is 1. The lowest BCUT2D eigenvalue weighted by molar-refractivity contribution is -0.384. The topological polar surface area (TPSA) is 121 Å². The number of urea groups is 1. The van der Waals surface area contributed by atoms with Gasteiger partial charge in [0.15, 0.2) is 0 Å². The molecule has 10 heteroatoms. The molecular formula is C22H28N6O4. The van der Waals surface area contributed by atoms with Crippen molar-refractivity contribution in [2.75, 3.05) is 37.6 Å². The molecule has 1 aliphatic rings. The second kappa shape index (κ2) is 11.1. The molecule has 0 radical (unpaired) electrons. The number of piperazine rings is 1. The first-order valence-corrected chi connectivity index (χ1v) is 10.7. The van der Waals surface area contributed by atoms with E-state index in [0.29, 0.717) is 25.1 Å². The van der Waals surface area contributed by atoms with Crippen molar-refractivity contribution in [1.29, 1.82) is 0 Å². The lowest BCUT2D eigenvalue weighted by Gasteiger charge is -2.35. The van der Waals surface area contributed by atoms with Gasteiger partial charge in [-0.15, -0.1) is 0 Å². The van der Waals surface area contributed by atoms with Gasteiger partial charge >= 0.3 is 6.03 Å². The Hall–Kier alpha value is -3.69. The average molecular weight is 441 g/mol. The number of hydrogen-bond acceptors (Lipinski definition) is 6. The molecule has 170 valence electrons. The van der Waals surface area contributed by atoms with Crippen LogP contribution in [0.4, 0.5) is 16.3 Å². The molecule has 3 amide bonds. The summed E-state index contributed by atoms with van der Waals surface area (Å²) < 4.78 is 0. The van der Waals surface area contributed by atoms with Crippen molar-refractivity contribution in [3.63, 3.8) is 0 Å². The summed E-state index contributed by atoms with van der Waals surface area (Å²) in [4.78, 5) is 43.6. The van der Waals surface area contributed by atoms with Crippen molar-refractivity contribution in [3.8, 4) is 0 Å². The van der Waals surface area contributed by atoms with Crippen molar-refractivity contribution in [2.45, 2.75) is 25.8 Å². The molecule has 0 saturated carbocycles.